The molecule has 0 unspecified atom stereocenters. The number of esters is 1. The molecule has 0 saturated heterocycles. The first-order chi connectivity index (χ1) is 14.4. The number of amides is 1. The molecule has 2 aromatic carbocycles. The predicted molar refractivity (Wildman–Crippen MR) is 108 cm³/mol. The molecule has 0 aliphatic carbocycles. The van der Waals surface area contributed by atoms with Crippen LogP contribution >= 0.6 is 0 Å². The summed E-state index contributed by atoms with van der Waals surface area (Å²) in [5, 5.41) is 22.6. The van der Waals surface area contributed by atoms with Crippen molar-refractivity contribution >= 4 is 23.6 Å². The van der Waals surface area contributed by atoms with Gasteiger partial charge in [-0.1, -0.05) is 18.2 Å². The van der Waals surface area contributed by atoms with Gasteiger partial charge in [-0.15, -0.1) is 6.58 Å². The first-order valence-corrected chi connectivity index (χ1v) is 8.55. The zero-order chi connectivity index (χ0) is 22.1. The Kier molecular flexibility index (Phi) is 7.42. The molecule has 1 N–H and O–H groups in total. The van der Waals surface area contributed by atoms with E-state index in [0.29, 0.717) is 5.56 Å². The van der Waals surface area contributed by atoms with E-state index in [9.17, 15) is 25.0 Å². The number of methoxy groups -OCH3 is 1. The second-order valence-electron chi connectivity index (χ2n) is 5.78. The molecule has 0 spiro atoms. The number of non-ortho nitro benzene ring substituents is 1. The molecule has 30 heavy (non-hydrogen) atoms. The molecule has 0 saturated carbocycles. The molecule has 0 aromatic heterocycles. The third kappa shape index (κ3) is 5.53. The van der Waals surface area contributed by atoms with Gasteiger partial charge in [0.25, 0.3) is 11.6 Å². The highest BCUT2D eigenvalue weighted by Crippen LogP contribution is 2.30. The van der Waals surface area contributed by atoms with Crippen LogP contribution in [0.2, 0.25) is 0 Å². The van der Waals surface area contributed by atoms with Gasteiger partial charge in [0.2, 0.25) is 0 Å². The number of carbonyl (C=O) groups is 2. The molecule has 0 fully saturated rings. The molecule has 0 bridgehead atoms. The van der Waals surface area contributed by atoms with Crippen LogP contribution in [0.4, 0.5) is 5.69 Å². The van der Waals surface area contributed by atoms with Gasteiger partial charge in [0.1, 0.15) is 11.6 Å². The quantitative estimate of drug-likeness (QED) is 0.135. The van der Waals surface area contributed by atoms with Crippen LogP contribution in [0.25, 0.3) is 6.08 Å². The van der Waals surface area contributed by atoms with Gasteiger partial charge in [0.15, 0.2) is 11.5 Å². The summed E-state index contributed by atoms with van der Waals surface area (Å²) in [7, 11) is 1.36. The summed E-state index contributed by atoms with van der Waals surface area (Å²) in [4.78, 5) is 34.5. The van der Waals surface area contributed by atoms with Crippen molar-refractivity contribution in [3.05, 3.63) is 81.9 Å². The normalized spacial score (nSPS) is 10.5. The SMILES string of the molecule is C=CCNC(=O)C(C#N)=Cc1ccc(OC(=O)c2cccc([N+](=O)[O-])c2)c(OC)c1. The van der Waals surface area contributed by atoms with E-state index in [4.69, 9.17) is 9.47 Å². The van der Waals surface area contributed by atoms with Crippen LogP contribution in [-0.2, 0) is 4.79 Å². The van der Waals surface area contributed by atoms with Crippen LogP contribution in [0.1, 0.15) is 15.9 Å². The lowest BCUT2D eigenvalue weighted by atomic mass is 10.1. The number of nitro benzene ring substituents is 1. The molecule has 2 rings (SSSR count). The van der Waals surface area contributed by atoms with Gasteiger partial charge in [0.05, 0.1) is 17.6 Å². The highest BCUT2D eigenvalue weighted by molar-refractivity contribution is 6.01. The van der Waals surface area contributed by atoms with E-state index in [-0.39, 0.29) is 34.9 Å². The van der Waals surface area contributed by atoms with Crippen molar-refractivity contribution in [2.24, 2.45) is 0 Å². The summed E-state index contributed by atoms with van der Waals surface area (Å²) >= 11 is 0. The van der Waals surface area contributed by atoms with E-state index in [1.165, 1.54) is 55.7 Å². The molecule has 2 aromatic rings. The summed E-state index contributed by atoms with van der Waals surface area (Å²) in [6.07, 6.45) is 2.84. The summed E-state index contributed by atoms with van der Waals surface area (Å²) < 4.78 is 10.5. The predicted octanol–water partition coefficient (Wildman–Crippen LogP) is 3.03. The maximum Gasteiger partial charge on any atom is 0.343 e. The number of nitrogens with zero attached hydrogens (tertiary/aromatic N) is 2. The molecule has 0 aliphatic heterocycles. The van der Waals surface area contributed by atoms with Crippen molar-refractivity contribution in [2.75, 3.05) is 13.7 Å². The molecule has 152 valence electrons. The molecule has 0 radical (unpaired) electrons. The molecule has 1 amide bonds. The molecule has 9 nitrogen and oxygen atoms in total. The topological polar surface area (TPSA) is 132 Å². The minimum absolute atomic E-state index is 0.000817. The second kappa shape index (κ2) is 10.2. The van der Waals surface area contributed by atoms with E-state index in [0.717, 1.165) is 6.07 Å². The molecule has 0 heterocycles. The lowest BCUT2D eigenvalue weighted by molar-refractivity contribution is -0.384. The summed E-state index contributed by atoms with van der Waals surface area (Å²) in [6, 6.07) is 11.4. The average molecular weight is 407 g/mol. The Morgan fingerprint density at radius 3 is 2.67 bits per heavy atom. The fourth-order valence-corrected chi connectivity index (χ4v) is 2.34. The minimum Gasteiger partial charge on any atom is -0.493 e. The Hall–Kier alpha value is -4.45. The Bertz CT molecular complexity index is 1070. The maximum atomic E-state index is 12.3. The lowest BCUT2D eigenvalue weighted by Gasteiger charge is -2.10. The van der Waals surface area contributed by atoms with Gasteiger partial charge in [0, 0.05) is 18.7 Å². The van der Waals surface area contributed by atoms with E-state index < -0.39 is 16.8 Å². The van der Waals surface area contributed by atoms with Crippen LogP contribution in [-0.4, -0.2) is 30.5 Å². The molecular weight excluding hydrogens is 390 g/mol. The van der Waals surface area contributed by atoms with Crippen LogP contribution in [0.3, 0.4) is 0 Å². The van der Waals surface area contributed by atoms with Gasteiger partial charge < -0.3 is 14.8 Å². The van der Waals surface area contributed by atoms with Crippen molar-refractivity contribution in [3.63, 3.8) is 0 Å². The van der Waals surface area contributed by atoms with E-state index >= 15 is 0 Å². The van der Waals surface area contributed by atoms with Crippen molar-refractivity contribution in [3.8, 4) is 17.6 Å². The number of rotatable bonds is 8. The van der Waals surface area contributed by atoms with Crippen LogP contribution in [0, 0.1) is 21.4 Å². The zero-order valence-electron chi connectivity index (χ0n) is 16.0. The number of carbonyl (C=O) groups excluding carboxylic acids is 2. The van der Waals surface area contributed by atoms with Gasteiger partial charge in [-0.25, -0.2) is 4.79 Å². The zero-order valence-corrected chi connectivity index (χ0v) is 16.0. The Morgan fingerprint density at radius 2 is 2.03 bits per heavy atom. The van der Waals surface area contributed by atoms with Gasteiger partial charge in [-0.2, -0.15) is 5.26 Å². The van der Waals surface area contributed by atoms with Crippen molar-refractivity contribution < 1.29 is 24.0 Å². The van der Waals surface area contributed by atoms with Crippen LogP contribution < -0.4 is 14.8 Å². The van der Waals surface area contributed by atoms with Crippen molar-refractivity contribution in [1.82, 2.24) is 5.32 Å². The third-order valence-electron chi connectivity index (χ3n) is 3.77. The van der Waals surface area contributed by atoms with E-state index in [1.807, 2.05) is 6.07 Å². The summed E-state index contributed by atoms with van der Waals surface area (Å²) in [5.74, 6) is -1.12. The molecule has 0 aliphatic rings. The van der Waals surface area contributed by atoms with Gasteiger partial charge >= 0.3 is 5.97 Å². The number of ether oxygens (including phenoxy) is 2. The van der Waals surface area contributed by atoms with Crippen LogP contribution in [0.5, 0.6) is 11.5 Å². The Labute approximate surface area is 172 Å². The number of nitriles is 1. The minimum atomic E-state index is -0.804. The summed E-state index contributed by atoms with van der Waals surface area (Å²) in [6.45, 7) is 3.70. The highest BCUT2D eigenvalue weighted by atomic mass is 16.6. The molecule has 9 heteroatoms. The Morgan fingerprint density at radius 1 is 1.27 bits per heavy atom. The number of hydrogen-bond acceptors (Lipinski definition) is 7. The smallest absolute Gasteiger partial charge is 0.343 e. The number of benzene rings is 2. The van der Waals surface area contributed by atoms with Gasteiger partial charge in [-0.3, -0.25) is 14.9 Å². The second-order valence-corrected chi connectivity index (χ2v) is 5.78. The first-order valence-electron chi connectivity index (χ1n) is 8.55. The first kappa shape index (κ1) is 21.8. The fourth-order valence-electron chi connectivity index (χ4n) is 2.34. The third-order valence-corrected chi connectivity index (χ3v) is 3.77. The molecular formula is C21H17N3O6. The van der Waals surface area contributed by atoms with Crippen molar-refractivity contribution in [1.29, 1.82) is 5.26 Å². The number of nitrogens with one attached hydrogen (secondary N) is 1. The van der Waals surface area contributed by atoms with Crippen LogP contribution in [0.15, 0.2) is 60.7 Å². The number of hydrogen-bond donors (Lipinski definition) is 1. The maximum absolute atomic E-state index is 12.3. The van der Waals surface area contributed by atoms with E-state index in [1.54, 1.807) is 0 Å². The molecule has 0 atom stereocenters. The lowest BCUT2D eigenvalue weighted by Crippen LogP contribution is -2.24. The average Bonchev–Trinajstić information content (AvgIpc) is 2.76. The number of nitro groups is 1. The van der Waals surface area contributed by atoms with E-state index in [2.05, 4.69) is 11.9 Å². The van der Waals surface area contributed by atoms with Crippen molar-refractivity contribution in [2.45, 2.75) is 0 Å². The summed E-state index contributed by atoms with van der Waals surface area (Å²) in [5.41, 5.74) is 0.101. The largest absolute Gasteiger partial charge is 0.493 e. The fraction of sp³-hybridized carbons (Fsp3) is 0.0952. The highest BCUT2D eigenvalue weighted by Gasteiger charge is 2.16. The Balaban J connectivity index is 2.26. The van der Waals surface area contributed by atoms with Gasteiger partial charge in [-0.05, 0) is 29.8 Å². The monoisotopic (exact) mass is 407 g/mol. The standard InChI is InChI=1S/C21H17N3O6/c1-3-9-23-20(25)16(13-22)10-14-7-8-18(19(11-14)29-2)30-21(26)15-5-4-6-17(12-15)24(27)28/h3-8,10-12H,1,9H2,2H3,(H,23,25).